The van der Waals surface area contributed by atoms with Crippen LogP contribution in [0.3, 0.4) is 0 Å². The normalized spacial score (nSPS) is 16.4. The molecule has 2 aromatic carbocycles. The number of hydrogen-bond acceptors (Lipinski definition) is 5. The van der Waals surface area contributed by atoms with Crippen molar-refractivity contribution in [2.75, 3.05) is 17.7 Å². The molecule has 0 saturated heterocycles. The van der Waals surface area contributed by atoms with Gasteiger partial charge in [-0.05, 0) is 24.0 Å². The molecule has 1 aliphatic rings. The number of benzene rings is 2. The first-order valence-corrected chi connectivity index (χ1v) is 10.6. The van der Waals surface area contributed by atoms with Crippen LogP contribution >= 0.6 is 11.8 Å². The summed E-state index contributed by atoms with van der Waals surface area (Å²) in [5.41, 5.74) is 1.13. The van der Waals surface area contributed by atoms with Crippen LogP contribution in [0.2, 0.25) is 0 Å². The minimum absolute atomic E-state index is 0.0896. The van der Waals surface area contributed by atoms with E-state index in [1.54, 1.807) is 12.1 Å². The van der Waals surface area contributed by atoms with Gasteiger partial charge in [0.2, 0.25) is 10.0 Å². The minimum atomic E-state index is -4.74. The van der Waals surface area contributed by atoms with Crippen molar-refractivity contribution in [3.8, 4) is 0 Å². The molecule has 0 fully saturated rings. The summed E-state index contributed by atoms with van der Waals surface area (Å²) in [5, 5.41) is 16.6. The molecule has 1 atom stereocenters. The Morgan fingerprint density at radius 3 is 2.56 bits per heavy atom. The van der Waals surface area contributed by atoms with E-state index in [1.165, 1.54) is 0 Å². The summed E-state index contributed by atoms with van der Waals surface area (Å²) in [7, 11) is -4.74. The van der Waals surface area contributed by atoms with Gasteiger partial charge in [-0.2, -0.15) is 0 Å². The third kappa shape index (κ3) is 3.79. The summed E-state index contributed by atoms with van der Waals surface area (Å²) in [6.45, 7) is -0.388. The van der Waals surface area contributed by atoms with Gasteiger partial charge in [0.1, 0.15) is 4.90 Å². The molecule has 0 bridgehead atoms. The van der Waals surface area contributed by atoms with E-state index < -0.39 is 49.0 Å². The van der Waals surface area contributed by atoms with Crippen molar-refractivity contribution in [3.63, 3.8) is 0 Å². The summed E-state index contributed by atoms with van der Waals surface area (Å²) >= 11 is 0.549. The molecule has 0 aromatic heterocycles. The molecule has 4 N–H and O–H groups in total. The molecule has 5 nitrogen and oxygen atoms in total. The fourth-order valence-corrected chi connectivity index (χ4v) is 4.68. The van der Waals surface area contributed by atoms with Crippen LogP contribution in [0.5, 0.6) is 0 Å². The van der Waals surface area contributed by atoms with Crippen LogP contribution in [0.1, 0.15) is 23.6 Å². The number of hydrogen-bond donors (Lipinski definition) is 3. The molecule has 0 spiro atoms. The molecule has 0 aliphatic heterocycles. The smallest absolute Gasteiger partial charge is 0.243 e. The Kier molecular flexibility index (Phi) is 5.71. The fraction of sp³-hybridized carbons (Fsp3) is 0.294. The predicted molar refractivity (Wildman–Crippen MR) is 96.6 cm³/mol. The van der Waals surface area contributed by atoms with Gasteiger partial charge in [0.05, 0.1) is 23.2 Å². The Balaban J connectivity index is 2.14. The van der Waals surface area contributed by atoms with E-state index in [4.69, 9.17) is 10.2 Å². The third-order valence-electron chi connectivity index (χ3n) is 4.31. The molecular weight excluding hydrogens is 401 g/mol. The van der Waals surface area contributed by atoms with Gasteiger partial charge in [-0.25, -0.2) is 26.7 Å². The molecular formula is C17H17F3N2O3S2. The number of thioether (sulfide) groups is 1. The fourth-order valence-electron chi connectivity index (χ4n) is 3.17. The minimum Gasteiger partial charge on any atom is -0.396 e. The number of nitrogens with one attached hydrogen (secondary N) is 1. The van der Waals surface area contributed by atoms with Crippen molar-refractivity contribution in [3.05, 3.63) is 52.8 Å². The number of sulfonamides is 1. The van der Waals surface area contributed by atoms with Crippen molar-refractivity contribution < 1.29 is 26.7 Å². The molecule has 3 rings (SSSR count). The molecule has 27 heavy (non-hydrogen) atoms. The molecule has 0 radical (unpaired) electrons. The number of fused-ring (bicyclic) bond motifs is 1. The predicted octanol–water partition coefficient (Wildman–Crippen LogP) is 2.94. The number of aliphatic hydroxyl groups is 1. The number of nitrogens with two attached hydrogens (primary N) is 1. The zero-order chi connectivity index (χ0) is 19.8. The Labute approximate surface area is 158 Å². The topological polar surface area (TPSA) is 92.4 Å². The highest BCUT2D eigenvalue weighted by atomic mass is 32.2. The molecule has 0 unspecified atom stereocenters. The summed E-state index contributed by atoms with van der Waals surface area (Å²) in [5.74, 6) is -4.73. The molecule has 2 aromatic rings. The van der Waals surface area contributed by atoms with Crippen molar-refractivity contribution in [1.29, 1.82) is 0 Å². The first kappa shape index (κ1) is 20.0. The van der Waals surface area contributed by atoms with Gasteiger partial charge >= 0.3 is 0 Å². The zero-order valence-electron chi connectivity index (χ0n) is 14.0. The van der Waals surface area contributed by atoms with Gasteiger partial charge in [-0.15, -0.1) is 11.8 Å². The average molecular weight is 418 g/mol. The molecule has 0 saturated carbocycles. The van der Waals surface area contributed by atoms with Crippen LogP contribution in [0.4, 0.5) is 18.9 Å². The maximum Gasteiger partial charge on any atom is 0.243 e. The van der Waals surface area contributed by atoms with Gasteiger partial charge in [0.15, 0.2) is 17.5 Å². The summed E-state index contributed by atoms with van der Waals surface area (Å²) in [6.07, 6.45) is 1.21. The van der Waals surface area contributed by atoms with Crippen LogP contribution in [0.25, 0.3) is 0 Å². The quantitative estimate of drug-likeness (QED) is 0.496. The van der Waals surface area contributed by atoms with Crippen LogP contribution in [0, 0.1) is 17.5 Å². The van der Waals surface area contributed by atoms with Crippen LogP contribution in [0.15, 0.2) is 34.1 Å². The van der Waals surface area contributed by atoms with Gasteiger partial charge in [0, 0.05) is 5.75 Å². The lowest BCUT2D eigenvalue weighted by atomic mass is 10.1. The average Bonchev–Trinajstić information content (AvgIpc) is 3.02. The van der Waals surface area contributed by atoms with E-state index >= 15 is 0 Å². The molecule has 0 heterocycles. The zero-order valence-corrected chi connectivity index (χ0v) is 15.6. The number of halogens is 3. The lowest BCUT2D eigenvalue weighted by Gasteiger charge is -2.20. The molecule has 146 valence electrons. The monoisotopic (exact) mass is 418 g/mol. The summed E-state index contributed by atoms with van der Waals surface area (Å²) in [4.78, 5) is -1.95. The van der Waals surface area contributed by atoms with Gasteiger partial charge in [-0.3, -0.25) is 0 Å². The number of rotatable bonds is 6. The van der Waals surface area contributed by atoms with E-state index in [9.17, 15) is 21.6 Å². The second kappa shape index (κ2) is 7.70. The summed E-state index contributed by atoms with van der Waals surface area (Å²) in [6, 6.07) is 6.84. The SMILES string of the molecule is NS(=O)(=O)c1c(F)c(F)c(SCCO)c(F)c1N[C@H]1CCc2ccccc21. The number of primary sulfonamides is 1. The standard InChI is InChI=1S/C17H17F3N2O3S2/c18-12-13(19)17(27(21,24)25)15(14(20)16(12)26-8-7-23)22-11-6-5-9-3-1-2-4-10(9)11/h1-4,11,22-23H,5-8H2,(H2,21,24,25)/t11-/m0/s1. The van der Waals surface area contributed by atoms with Crippen molar-refractivity contribution in [2.24, 2.45) is 5.14 Å². The summed E-state index contributed by atoms with van der Waals surface area (Å²) < 4.78 is 67.4. The molecule has 10 heteroatoms. The Morgan fingerprint density at radius 1 is 1.19 bits per heavy atom. The maximum atomic E-state index is 15.0. The lowest BCUT2D eigenvalue weighted by Crippen LogP contribution is -2.21. The number of aryl methyl sites for hydroxylation is 1. The first-order valence-electron chi connectivity index (χ1n) is 8.07. The van der Waals surface area contributed by atoms with E-state index in [-0.39, 0.29) is 12.4 Å². The highest BCUT2D eigenvalue weighted by Crippen LogP contribution is 2.41. The molecule has 0 amide bonds. The highest BCUT2D eigenvalue weighted by molar-refractivity contribution is 7.99. The van der Waals surface area contributed by atoms with E-state index in [2.05, 4.69) is 5.32 Å². The van der Waals surface area contributed by atoms with Gasteiger partial charge in [0.25, 0.3) is 0 Å². The third-order valence-corrected chi connectivity index (χ3v) is 6.30. The van der Waals surface area contributed by atoms with Crippen molar-refractivity contribution in [1.82, 2.24) is 0 Å². The van der Waals surface area contributed by atoms with Gasteiger partial charge in [-0.1, -0.05) is 24.3 Å². The van der Waals surface area contributed by atoms with Crippen LogP contribution < -0.4 is 10.5 Å². The number of anilines is 1. The van der Waals surface area contributed by atoms with Crippen molar-refractivity contribution in [2.45, 2.75) is 28.7 Å². The lowest BCUT2D eigenvalue weighted by molar-refractivity contribution is 0.322. The van der Waals surface area contributed by atoms with Crippen LogP contribution in [-0.2, 0) is 16.4 Å². The largest absolute Gasteiger partial charge is 0.396 e. The maximum absolute atomic E-state index is 15.0. The van der Waals surface area contributed by atoms with E-state index in [1.807, 2.05) is 12.1 Å². The Bertz CT molecular complexity index is 984. The van der Waals surface area contributed by atoms with Crippen LogP contribution in [-0.4, -0.2) is 25.9 Å². The second-order valence-corrected chi connectivity index (χ2v) is 8.63. The number of aliphatic hydroxyl groups excluding tert-OH is 1. The Morgan fingerprint density at radius 2 is 1.89 bits per heavy atom. The first-order chi connectivity index (χ1) is 12.8. The van der Waals surface area contributed by atoms with Gasteiger partial charge < -0.3 is 10.4 Å². The molecule has 1 aliphatic carbocycles. The van der Waals surface area contributed by atoms with E-state index in [0.717, 1.165) is 11.1 Å². The second-order valence-electron chi connectivity index (χ2n) is 6.03. The van der Waals surface area contributed by atoms with E-state index in [0.29, 0.717) is 24.6 Å². The van der Waals surface area contributed by atoms with Crippen molar-refractivity contribution >= 4 is 27.5 Å². The Hall–Kier alpha value is -1.75. The highest BCUT2D eigenvalue weighted by Gasteiger charge is 2.33.